The second kappa shape index (κ2) is 7.57. The van der Waals surface area contributed by atoms with E-state index in [0.29, 0.717) is 16.3 Å². The van der Waals surface area contributed by atoms with Gasteiger partial charge >= 0.3 is 5.97 Å². The highest BCUT2D eigenvalue weighted by Gasteiger charge is 2.19. The van der Waals surface area contributed by atoms with Gasteiger partial charge < -0.3 is 4.74 Å². The largest absolute Gasteiger partial charge is 0.459 e. The molecule has 0 N–H and O–H groups in total. The zero-order valence-corrected chi connectivity index (χ0v) is 14.2. The molecule has 1 aromatic heterocycles. The standard InChI is InChI=1S/C17H15Cl2NO3/c1-10(2)23-17(22)13-4-3-7-20-15(13)9-16(21)12-6-5-11(18)8-14(12)19/h3-8,10H,9H2,1-2H3. The van der Waals surface area contributed by atoms with E-state index in [1.165, 1.54) is 12.3 Å². The second-order valence-electron chi connectivity index (χ2n) is 5.18. The molecule has 1 aromatic carbocycles. The zero-order valence-electron chi connectivity index (χ0n) is 12.7. The molecule has 0 radical (unpaired) electrons. The SMILES string of the molecule is CC(C)OC(=O)c1cccnc1CC(=O)c1ccc(Cl)cc1Cl. The van der Waals surface area contributed by atoms with E-state index in [-0.39, 0.29) is 28.9 Å². The van der Waals surface area contributed by atoms with E-state index < -0.39 is 5.97 Å². The van der Waals surface area contributed by atoms with Crippen LogP contribution in [0.4, 0.5) is 0 Å². The summed E-state index contributed by atoms with van der Waals surface area (Å²) in [5.74, 6) is -0.748. The molecule has 0 amide bonds. The van der Waals surface area contributed by atoms with Crippen molar-refractivity contribution < 1.29 is 14.3 Å². The van der Waals surface area contributed by atoms with Crippen LogP contribution in [0.3, 0.4) is 0 Å². The summed E-state index contributed by atoms with van der Waals surface area (Å²) < 4.78 is 5.17. The molecule has 0 aliphatic heterocycles. The number of halogens is 2. The zero-order chi connectivity index (χ0) is 17.0. The molecule has 2 aromatic rings. The van der Waals surface area contributed by atoms with Crippen LogP contribution in [-0.4, -0.2) is 22.8 Å². The van der Waals surface area contributed by atoms with Crippen LogP contribution in [0.1, 0.15) is 40.3 Å². The quantitative estimate of drug-likeness (QED) is 0.592. The highest BCUT2D eigenvalue weighted by Crippen LogP contribution is 2.23. The van der Waals surface area contributed by atoms with Crippen LogP contribution < -0.4 is 0 Å². The van der Waals surface area contributed by atoms with E-state index in [0.717, 1.165) is 0 Å². The van der Waals surface area contributed by atoms with E-state index in [1.807, 2.05) is 0 Å². The average molecular weight is 352 g/mol. The Kier molecular flexibility index (Phi) is 5.74. The van der Waals surface area contributed by atoms with Crippen LogP contribution in [-0.2, 0) is 11.2 Å². The molecule has 0 aliphatic carbocycles. The van der Waals surface area contributed by atoms with Crippen LogP contribution >= 0.6 is 23.2 Å². The molecule has 0 bridgehead atoms. The highest BCUT2D eigenvalue weighted by atomic mass is 35.5. The average Bonchev–Trinajstić information content (AvgIpc) is 2.46. The number of nitrogens with zero attached hydrogens (tertiary/aromatic N) is 1. The minimum Gasteiger partial charge on any atom is -0.459 e. The Morgan fingerprint density at radius 3 is 2.57 bits per heavy atom. The molecule has 4 nitrogen and oxygen atoms in total. The molecular weight excluding hydrogens is 337 g/mol. The van der Waals surface area contributed by atoms with Crippen LogP contribution in [0.25, 0.3) is 0 Å². The lowest BCUT2D eigenvalue weighted by Crippen LogP contribution is -2.16. The van der Waals surface area contributed by atoms with Gasteiger partial charge in [-0.25, -0.2) is 4.79 Å². The van der Waals surface area contributed by atoms with Gasteiger partial charge in [0.25, 0.3) is 0 Å². The number of ketones is 1. The number of aromatic nitrogens is 1. The van der Waals surface area contributed by atoms with E-state index in [2.05, 4.69) is 4.98 Å². The predicted octanol–water partition coefficient (Wildman–Crippen LogP) is 4.38. The maximum Gasteiger partial charge on any atom is 0.340 e. The number of ether oxygens (including phenoxy) is 1. The van der Waals surface area contributed by atoms with Gasteiger partial charge in [0.2, 0.25) is 0 Å². The molecule has 23 heavy (non-hydrogen) atoms. The normalized spacial score (nSPS) is 10.7. The topological polar surface area (TPSA) is 56.3 Å². The van der Waals surface area contributed by atoms with E-state index in [1.54, 1.807) is 38.1 Å². The van der Waals surface area contributed by atoms with Crippen molar-refractivity contribution >= 4 is 35.0 Å². The van der Waals surface area contributed by atoms with Crippen LogP contribution in [0.2, 0.25) is 10.0 Å². The molecule has 0 spiro atoms. The van der Waals surface area contributed by atoms with Gasteiger partial charge in [-0.3, -0.25) is 9.78 Å². The molecule has 0 saturated heterocycles. The molecule has 6 heteroatoms. The number of hydrogen-bond donors (Lipinski definition) is 0. The third-order valence-electron chi connectivity index (χ3n) is 3.01. The monoisotopic (exact) mass is 351 g/mol. The number of pyridine rings is 1. The maximum atomic E-state index is 12.4. The van der Waals surface area contributed by atoms with Gasteiger partial charge in [-0.2, -0.15) is 0 Å². The highest BCUT2D eigenvalue weighted by molar-refractivity contribution is 6.36. The van der Waals surface area contributed by atoms with Crippen molar-refractivity contribution in [3.05, 3.63) is 63.4 Å². The molecule has 1 heterocycles. The summed E-state index contributed by atoms with van der Waals surface area (Å²) in [5, 5.41) is 0.718. The van der Waals surface area contributed by atoms with Crippen molar-refractivity contribution in [2.45, 2.75) is 26.4 Å². The number of rotatable bonds is 5. The fourth-order valence-corrected chi connectivity index (χ4v) is 2.52. The van der Waals surface area contributed by atoms with Gasteiger partial charge in [0.15, 0.2) is 5.78 Å². The molecule has 0 saturated carbocycles. The van der Waals surface area contributed by atoms with Crippen molar-refractivity contribution in [3.8, 4) is 0 Å². The Bertz CT molecular complexity index is 744. The molecule has 120 valence electrons. The summed E-state index contributed by atoms with van der Waals surface area (Å²) in [7, 11) is 0. The number of Topliss-reactive ketones (excluding diaryl/α,β-unsaturated/α-hetero) is 1. The minimum absolute atomic E-state index is 0.0509. The molecule has 0 unspecified atom stereocenters. The summed E-state index contributed by atoms with van der Waals surface area (Å²) in [4.78, 5) is 28.6. The Labute approximate surface area is 144 Å². The van der Waals surface area contributed by atoms with Gasteiger partial charge in [0, 0.05) is 16.8 Å². The first kappa shape index (κ1) is 17.4. The van der Waals surface area contributed by atoms with Gasteiger partial charge in [-0.1, -0.05) is 23.2 Å². The fourth-order valence-electron chi connectivity index (χ4n) is 2.01. The summed E-state index contributed by atoms with van der Waals surface area (Å²) in [6.07, 6.45) is 1.22. The van der Waals surface area contributed by atoms with Gasteiger partial charge in [-0.05, 0) is 44.2 Å². The van der Waals surface area contributed by atoms with E-state index in [9.17, 15) is 9.59 Å². The molecule has 2 rings (SSSR count). The first-order chi connectivity index (χ1) is 10.9. The number of carbonyl (C=O) groups is 2. The second-order valence-corrected chi connectivity index (χ2v) is 6.02. The smallest absolute Gasteiger partial charge is 0.340 e. The first-order valence-corrected chi connectivity index (χ1v) is 7.77. The van der Waals surface area contributed by atoms with Gasteiger partial charge in [0.1, 0.15) is 0 Å². The van der Waals surface area contributed by atoms with E-state index >= 15 is 0 Å². The van der Waals surface area contributed by atoms with Crippen molar-refractivity contribution in [1.29, 1.82) is 0 Å². The summed E-state index contributed by atoms with van der Waals surface area (Å²) >= 11 is 11.9. The number of benzene rings is 1. The number of hydrogen-bond acceptors (Lipinski definition) is 4. The third kappa shape index (κ3) is 4.53. The first-order valence-electron chi connectivity index (χ1n) is 7.01. The van der Waals surface area contributed by atoms with Crippen molar-refractivity contribution in [3.63, 3.8) is 0 Å². The van der Waals surface area contributed by atoms with Crippen molar-refractivity contribution in [2.24, 2.45) is 0 Å². The number of esters is 1. The molecular formula is C17H15Cl2NO3. The predicted molar refractivity (Wildman–Crippen MR) is 89.3 cm³/mol. The minimum atomic E-state index is -0.502. The van der Waals surface area contributed by atoms with Crippen LogP contribution in [0.15, 0.2) is 36.5 Å². The lowest BCUT2D eigenvalue weighted by atomic mass is 10.0. The maximum absolute atomic E-state index is 12.4. The Hall–Kier alpha value is -1.91. The van der Waals surface area contributed by atoms with Crippen molar-refractivity contribution in [2.75, 3.05) is 0 Å². The lowest BCUT2D eigenvalue weighted by molar-refractivity contribution is 0.0376. The Morgan fingerprint density at radius 1 is 1.17 bits per heavy atom. The molecule has 0 atom stereocenters. The summed E-state index contributed by atoms with van der Waals surface area (Å²) in [6.45, 7) is 3.51. The summed E-state index contributed by atoms with van der Waals surface area (Å²) in [5.41, 5.74) is 0.971. The van der Waals surface area contributed by atoms with Gasteiger partial charge in [0.05, 0.1) is 28.8 Å². The third-order valence-corrected chi connectivity index (χ3v) is 3.56. The number of carbonyl (C=O) groups excluding carboxylic acids is 2. The Morgan fingerprint density at radius 2 is 1.91 bits per heavy atom. The summed E-state index contributed by atoms with van der Waals surface area (Å²) in [6, 6.07) is 7.86. The van der Waals surface area contributed by atoms with Crippen molar-refractivity contribution in [1.82, 2.24) is 4.98 Å². The molecule has 0 fully saturated rings. The van der Waals surface area contributed by atoms with Crippen LogP contribution in [0, 0.1) is 0 Å². The van der Waals surface area contributed by atoms with E-state index in [4.69, 9.17) is 27.9 Å². The molecule has 0 aliphatic rings. The Balaban J connectivity index is 2.26. The fraction of sp³-hybridized carbons (Fsp3) is 0.235. The van der Waals surface area contributed by atoms with Gasteiger partial charge in [-0.15, -0.1) is 0 Å². The van der Waals surface area contributed by atoms with Crippen LogP contribution in [0.5, 0.6) is 0 Å². The lowest BCUT2D eigenvalue weighted by Gasteiger charge is -2.11.